The molecule has 0 saturated heterocycles. The van der Waals surface area contributed by atoms with Crippen molar-refractivity contribution in [3.63, 3.8) is 0 Å². The van der Waals surface area contributed by atoms with Gasteiger partial charge in [-0.25, -0.2) is 4.98 Å². The van der Waals surface area contributed by atoms with Crippen molar-refractivity contribution in [3.8, 4) is 17.3 Å². The lowest BCUT2D eigenvalue weighted by Crippen LogP contribution is -1.92. The zero-order valence-electron chi connectivity index (χ0n) is 13.5. The number of hydrogen-bond acceptors (Lipinski definition) is 6. The maximum atomic E-state index is 10.7. The molecule has 0 radical (unpaired) electrons. The predicted molar refractivity (Wildman–Crippen MR) is 108 cm³/mol. The number of non-ortho nitro benzene ring substituents is 1. The molecule has 0 amide bonds. The van der Waals surface area contributed by atoms with Gasteiger partial charge in [0.15, 0.2) is 0 Å². The van der Waals surface area contributed by atoms with E-state index in [0.29, 0.717) is 32.0 Å². The predicted octanol–water partition coefficient (Wildman–Crippen LogP) is 6.00. The molecule has 0 unspecified atom stereocenters. The molecule has 0 aliphatic rings. The second-order valence-electron chi connectivity index (χ2n) is 5.28. The average molecular weight is 417 g/mol. The van der Waals surface area contributed by atoms with Gasteiger partial charge in [-0.3, -0.25) is 10.1 Å². The second-order valence-corrected chi connectivity index (χ2v) is 6.96. The molecule has 0 bridgehead atoms. The molecule has 0 fully saturated rings. The number of hydrogen-bond donors (Lipinski definition) is 1. The van der Waals surface area contributed by atoms with Gasteiger partial charge in [-0.15, -0.1) is 11.3 Å². The van der Waals surface area contributed by atoms with Crippen LogP contribution in [0.2, 0.25) is 10.0 Å². The summed E-state index contributed by atoms with van der Waals surface area (Å²) >= 11 is 13.3. The number of benzene rings is 2. The van der Waals surface area contributed by atoms with Crippen LogP contribution in [0.1, 0.15) is 5.01 Å². The third-order valence-electron chi connectivity index (χ3n) is 3.53. The van der Waals surface area contributed by atoms with E-state index >= 15 is 0 Å². The van der Waals surface area contributed by atoms with E-state index < -0.39 is 4.92 Å². The van der Waals surface area contributed by atoms with E-state index in [4.69, 9.17) is 23.2 Å². The molecular formula is C18H10Cl2N4O2S. The molecule has 0 saturated carbocycles. The number of allylic oxidation sites excluding steroid dienone is 1. The van der Waals surface area contributed by atoms with Gasteiger partial charge >= 0.3 is 0 Å². The van der Waals surface area contributed by atoms with Crippen molar-refractivity contribution < 1.29 is 4.92 Å². The summed E-state index contributed by atoms with van der Waals surface area (Å²) in [5.74, 6) is 0. The minimum Gasteiger partial charge on any atom is -0.360 e. The number of aromatic nitrogens is 1. The standard InChI is InChI=1S/C18H10Cl2N4O2S/c19-15-6-1-11(7-16(15)20)17-10-27-18(23-17)12(8-21)9-22-13-2-4-14(5-3-13)24(25)26/h1-7,9-10,22H. The summed E-state index contributed by atoms with van der Waals surface area (Å²) in [5.41, 5.74) is 2.44. The highest BCUT2D eigenvalue weighted by molar-refractivity contribution is 7.11. The van der Waals surface area contributed by atoms with Crippen molar-refractivity contribution in [3.05, 3.63) is 79.2 Å². The zero-order chi connectivity index (χ0) is 19.4. The molecule has 1 heterocycles. The first kappa shape index (κ1) is 18.9. The van der Waals surface area contributed by atoms with Crippen LogP contribution in [0.4, 0.5) is 11.4 Å². The smallest absolute Gasteiger partial charge is 0.269 e. The molecule has 3 rings (SSSR count). The van der Waals surface area contributed by atoms with Crippen LogP contribution in [0.5, 0.6) is 0 Å². The summed E-state index contributed by atoms with van der Waals surface area (Å²) in [6.07, 6.45) is 1.51. The molecule has 134 valence electrons. The lowest BCUT2D eigenvalue weighted by Gasteiger charge is -2.01. The summed E-state index contributed by atoms with van der Waals surface area (Å²) in [4.78, 5) is 14.7. The minimum atomic E-state index is -0.472. The molecule has 9 heteroatoms. The van der Waals surface area contributed by atoms with Gasteiger partial charge in [-0.2, -0.15) is 5.26 Å². The monoisotopic (exact) mass is 416 g/mol. The number of rotatable bonds is 5. The van der Waals surface area contributed by atoms with E-state index in [9.17, 15) is 15.4 Å². The second kappa shape index (κ2) is 8.18. The maximum Gasteiger partial charge on any atom is 0.269 e. The first-order valence-electron chi connectivity index (χ1n) is 7.50. The molecule has 27 heavy (non-hydrogen) atoms. The topological polar surface area (TPSA) is 91.8 Å². The Bertz CT molecular complexity index is 1070. The van der Waals surface area contributed by atoms with Gasteiger partial charge in [0.05, 0.1) is 20.7 Å². The number of nitro benzene ring substituents is 1. The van der Waals surface area contributed by atoms with Gasteiger partial charge in [0.2, 0.25) is 0 Å². The van der Waals surface area contributed by atoms with Crippen LogP contribution in [0.3, 0.4) is 0 Å². The van der Waals surface area contributed by atoms with Crippen LogP contribution < -0.4 is 5.32 Å². The fourth-order valence-electron chi connectivity index (χ4n) is 2.16. The van der Waals surface area contributed by atoms with E-state index in [0.717, 1.165) is 5.56 Å². The molecule has 6 nitrogen and oxygen atoms in total. The van der Waals surface area contributed by atoms with Gasteiger partial charge in [0.25, 0.3) is 5.69 Å². The van der Waals surface area contributed by atoms with E-state index in [1.807, 2.05) is 5.38 Å². The molecule has 0 aliphatic heterocycles. The van der Waals surface area contributed by atoms with Crippen molar-refractivity contribution in [1.29, 1.82) is 5.26 Å². The Morgan fingerprint density at radius 3 is 2.59 bits per heavy atom. The summed E-state index contributed by atoms with van der Waals surface area (Å²) in [7, 11) is 0. The number of halogens is 2. The summed E-state index contributed by atoms with van der Waals surface area (Å²) in [6.45, 7) is 0. The molecule has 3 aromatic rings. The molecule has 2 aromatic carbocycles. The van der Waals surface area contributed by atoms with E-state index in [1.165, 1.54) is 29.7 Å². The molecule has 0 spiro atoms. The van der Waals surface area contributed by atoms with E-state index in [2.05, 4.69) is 16.4 Å². The number of nitrogens with zero attached hydrogens (tertiary/aromatic N) is 3. The molecular weight excluding hydrogens is 407 g/mol. The van der Waals surface area contributed by atoms with Crippen molar-refractivity contribution in [2.45, 2.75) is 0 Å². The lowest BCUT2D eigenvalue weighted by molar-refractivity contribution is -0.384. The van der Waals surface area contributed by atoms with Crippen molar-refractivity contribution in [2.24, 2.45) is 0 Å². The van der Waals surface area contributed by atoms with Crippen molar-refractivity contribution in [2.75, 3.05) is 5.32 Å². The fraction of sp³-hybridized carbons (Fsp3) is 0. The Morgan fingerprint density at radius 2 is 1.96 bits per heavy atom. The quantitative estimate of drug-likeness (QED) is 0.312. The average Bonchev–Trinajstić information content (AvgIpc) is 3.15. The van der Waals surface area contributed by atoms with Crippen LogP contribution in [0.25, 0.3) is 16.8 Å². The van der Waals surface area contributed by atoms with Gasteiger partial charge in [-0.05, 0) is 24.3 Å². The Hall–Kier alpha value is -2.92. The van der Waals surface area contributed by atoms with Gasteiger partial charge in [-0.1, -0.05) is 29.3 Å². The SMILES string of the molecule is N#CC(=CNc1ccc([N+](=O)[O-])cc1)c1nc(-c2ccc(Cl)c(Cl)c2)cs1. The molecule has 0 aliphatic carbocycles. The Kier molecular flexibility index (Phi) is 5.72. The summed E-state index contributed by atoms with van der Waals surface area (Å²) < 4.78 is 0. The number of thiazole rings is 1. The van der Waals surface area contributed by atoms with Gasteiger partial charge < -0.3 is 5.32 Å². The van der Waals surface area contributed by atoms with Crippen LogP contribution in [-0.2, 0) is 0 Å². The number of nitriles is 1. The number of anilines is 1. The highest BCUT2D eigenvalue weighted by atomic mass is 35.5. The van der Waals surface area contributed by atoms with Crippen LogP contribution in [0.15, 0.2) is 54.0 Å². The Morgan fingerprint density at radius 1 is 1.22 bits per heavy atom. The molecule has 0 atom stereocenters. The number of nitro groups is 1. The van der Waals surface area contributed by atoms with E-state index in [-0.39, 0.29) is 5.69 Å². The normalized spacial score (nSPS) is 11.1. The van der Waals surface area contributed by atoms with Crippen LogP contribution in [0, 0.1) is 21.4 Å². The third kappa shape index (κ3) is 4.44. The molecule has 1 aromatic heterocycles. The maximum absolute atomic E-state index is 10.7. The van der Waals surface area contributed by atoms with Gasteiger partial charge in [0.1, 0.15) is 16.6 Å². The van der Waals surface area contributed by atoms with Gasteiger partial charge in [0, 0.05) is 35.0 Å². The highest BCUT2D eigenvalue weighted by Gasteiger charge is 2.10. The van der Waals surface area contributed by atoms with Crippen molar-refractivity contribution >= 4 is 51.5 Å². The largest absolute Gasteiger partial charge is 0.360 e. The first-order chi connectivity index (χ1) is 13.0. The van der Waals surface area contributed by atoms with E-state index in [1.54, 1.807) is 30.3 Å². The number of nitrogens with one attached hydrogen (secondary N) is 1. The van der Waals surface area contributed by atoms with Crippen molar-refractivity contribution in [1.82, 2.24) is 4.98 Å². The summed E-state index contributed by atoms with van der Waals surface area (Å²) in [5, 5.41) is 26.3. The Balaban J connectivity index is 1.80. The lowest BCUT2D eigenvalue weighted by atomic mass is 10.2. The summed E-state index contributed by atoms with van der Waals surface area (Å²) in [6, 6.07) is 13.2. The van der Waals surface area contributed by atoms with Crippen LogP contribution in [-0.4, -0.2) is 9.91 Å². The third-order valence-corrected chi connectivity index (χ3v) is 5.15. The molecule has 1 N–H and O–H groups in total. The highest BCUT2D eigenvalue weighted by Crippen LogP contribution is 2.30. The minimum absolute atomic E-state index is 0.00349. The first-order valence-corrected chi connectivity index (χ1v) is 9.14. The fourth-order valence-corrected chi connectivity index (χ4v) is 3.25. The Labute approximate surface area is 168 Å². The zero-order valence-corrected chi connectivity index (χ0v) is 15.8. The van der Waals surface area contributed by atoms with Crippen LogP contribution >= 0.6 is 34.5 Å².